The van der Waals surface area contributed by atoms with Gasteiger partial charge in [0.15, 0.2) is 0 Å². The van der Waals surface area contributed by atoms with E-state index in [0.717, 1.165) is 9.65 Å². The van der Waals surface area contributed by atoms with Gasteiger partial charge in [-0.25, -0.2) is 0 Å². The van der Waals surface area contributed by atoms with Gasteiger partial charge in [-0.15, -0.1) is 0 Å². The predicted molar refractivity (Wildman–Crippen MR) is 57.3 cm³/mol. The SMILES string of the molecule is NC(=S)n1[se]c2ccccc2c1=O. The molecule has 2 aromatic rings. The van der Waals surface area contributed by atoms with Crippen LogP contribution in [-0.4, -0.2) is 23.4 Å². The van der Waals surface area contributed by atoms with Crippen molar-refractivity contribution in [1.82, 2.24) is 3.56 Å². The van der Waals surface area contributed by atoms with Gasteiger partial charge in [-0.1, -0.05) is 0 Å². The first kappa shape index (κ1) is 8.69. The van der Waals surface area contributed by atoms with Crippen LogP contribution in [0.3, 0.4) is 0 Å². The maximum atomic E-state index is 11.6. The molecule has 3 nitrogen and oxygen atoms in total. The van der Waals surface area contributed by atoms with Crippen molar-refractivity contribution in [1.29, 1.82) is 0 Å². The predicted octanol–water partition coefficient (Wildman–Crippen LogP) is 0.150. The molecule has 2 rings (SSSR count). The average molecular weight is 257 g/mol. The van der Waals surface area contributed by atoms with Crippen LogP contribution in [0.5, 0.6) is 0 Å². The van der Waals surface area contributed by atoms with Crippen LogP contribution in [0.1, 0.15) is 0 Å². The molecule has 0 bridgehead atoms. The first-order valence-electron chi connectivity index (χ1n) is 3.61. The van der Waals surface area contributed by atoms with Crippen LogP contribution in [0.15, 0.2) is 29.1 Å². The van der Waals surface area contributed by atoms with Crippen molar-refractivity contribution in [2.24, 2.45) is 5.73 Å². The van der Waals surface area contributed by atoms with Crippen LogP contribution in [-0.2, 0) is 0 Å². The monoisotopic (exact) mass is 258 g/mol. The Balaban J connectivity index is 2.90. The summed E-state index contributed by atoms with van der Waals surface area (Å²) in [5.41, 5.74) is 5.35. The number of nitrogens with two attached hydrogens (primary N) is 1. The molecule has 0 spiro atoms. The summed E-state index contributed by atoms with van der Waals surface area (Å²) in [5.74, 6) is 0. The zero-order valence-electron chi connectivity index (χ0n) is 6.56. The van der Waals surface area contributed by atoms with Crippen molar-refractivity contribution in [3.63, 3.8) is 0 Å². The Bertz CT molecular complexity index is 528. The molecule has 0 fully saturated rings. The minimum atomic E-state index is -0.0699. The third-order valence-electron chi connectivity index (χ3n) is 1.69. The summed E-state index contributed by atoms with van der Waals surface area (Å²) in [5, 5.41) is 0.900. The van der Waals surface area contributed by atoms with E-state index in [1.807, 2.05) is 18.2 Å². The maximum absolute atomic E-state index is 11.6. The van der Waals surface area contributed by atoms with Gasteiger partial charge in [0, 0.05) is 0 Å². The quantitative estimate of drug-likeness (QED) is 0.540. The van der Waals surface area contributed by atoms with E-state index in [2.05, 4.69) is 0 Å². The molecule has 2 N–H and O–H groups in total. The van der Waals surface area contributed by atoms with Crippen LogP contribution in [0.4, 0.5) is 0 Å². The van der Waals surface area contributed by atoms with E-state index >= 15 is 0 Å². The summed E-state index contributed by atoms with van der Waals surface area (Å²) >= 11 is 4.71. The number of fused-ring (bicyclic) bond motifs is 1. The summed E-state index contributed by atoms with van der Waals surface area (Å²) in [4.78, 5) is 11.6. The number of benzene rings is 1. The summed E-state index contributed by atoms with van der Waals surface area (Å²) in [6, 6.07) is 7.50. The minimum absolute atomic E-state index is 0.0666. The zero-order valence-corrected chi connectivity index (χ0v) is 9.09. The molecule has 0 saturated carbocycles. The van der Waals surface area contributed by atoms with Crippen molar-refractivity contribution in [3.05, 3.63) is 34.6 Å². The summed E-state index contributed by atoms with van der Waals surface area (Å²) in [6.45, 7) is 0. The Labute approximate surface area is 85.7 Å². The number of rotatable bonds is 0. The topological polar surface area (TPSA) is 48.0 Å². The molecule has 1 aromatic heterocycles. The molecule has 0 amide bonds. The molecule has 0 aliphatic carbocycles. The van der Waals surface area contributed by atoms with E-state index in [1.54, 1.807) is 6.07 Å². The standard InChI is InChI=1S/C8H6N2OSSe/c9-8(12)10-7(11)5-3-1-2-4-6(5)13-10/h1-4H,(H2,9,12). The Hall–Kier alpha value is -0.901. The normalized spacial score (nSPS) is 10.5. The van der Waals surface area contributed by atoms with Crippen LogP contribution in [0.2, 0.25) is 0 Å². The van der Waals surface area contributed by atoms with Crippen molar-refractivity contribution >= 4 is 41.7 Å². The molecule has 1 aromatic carbocycles. The Kier molecular flexibility index (Phi) is 2.07. The molecule has 0 aliphatic rings. The Morgan fingerprint density at radius 3 is 2.77 bits per heavy atom. The molecule has 5 heteroatoms. The number of aromatic nitrogens is 1. The molecule has 0 atom stereocenters. The van der Waals surface area contributed by atoms with Gasteiger partial charge in [-0.05, 0) is 0 Å². The van der Waals surface area contributed by atoms with Gasteiger partial charge in [0.1, 0.15) is 0 Å². The second-order valence-corrected chi connectivity index (χ2v) is 5.02. The second-order valence-electron chi connectivity index (χ2n) is 2.53. The van der Waals surface area contributed by atoms with Crippen molar-refractivity contribution in [2.75, 3.05) is 0 Å². The first-order valence-corrected chi connectivity index (χ1v) is 5.64. The molecule has 0 unspecified atom stereocenters. The summed E-state index contributed by atoms with van der Waals surface area (Å²) < 4.78 is 2.51. The number of hydrogen-bond donors (Lipinski definition) is 1. The summed E-state index contributed by atoms with van der Waals surface area (Å²) in [7, 11) is 0. The van der Waals surface area contributed by atoms with Crippen LogP contribution >= 0.6 is 12.2 Å². The van der Waals surface area contributed by atoms with Gasteiger partial charge in [0.2, 0.25) is 0 Å². The molecule has 0 radical (unpaired) electrons. The van der Waals surface area contributed by atoms with E-state index in [0.29, 0.717) is 0 Å². The summed E-state index contributed by atoms with van der Waals surface area (Å²) in [6.07, 6.45) is 0. The molecule has 0 aliphatic heterocycles. The molecular formula is C8H6N2OSSe. The number of hydrogen-bond acceptors (Lipinski definition) is 2. The van der Waals surface area contributed by atoms with Gasteiger partial charge in [0.05, 0.1) is 0 Å². The van der Waals surface area contributed by atoms with E-state index in [4.69, 9.17) is 18.0 Å². The van der Waals surface area contributed by atoms with E-state index in [9.17, 15) is 4.79 Å². The second kappa shape index (κ2) is 3.10. The fraction of sp³-hybridized carbons (Fsp3) is 0. The fourth-order valence-electron chi connectivity index (χ4n) is 1.12. The Morgan fingerprint density at radius 2 is 2.15 bits per heavy atom. The zero-order chi connectivity index (χ0) is 9.42. The van der Waals surface area contributed by atoms with Gasteiger partial charge in [-0.3, -0.25) is 0 Å². The van der Waals surface area contributed by atoms with Gasteiger partial charge in [0.25, 0.3) is 0 Å². The van der Waals surface area contributed by atoms with E-state index in [1.165, 1.54) is 3.56 Å². The van der Waals surface area contributed by atoms with Crippen molar-refractivity contribution in [2.45, 2.75) is 0 Å². The molecular weight excluding hydrogens is 251 g/mol. The third kappa shape index (κ3) is 1.35. The van der Waals surface area contributed by atoms with Crippen molar-refractivity contribution < 1.29 is 0 Å². The van der Waals surface area contributed by atoms with E-state index < -0.39 is 0 Å². The average Bonchev–Trinajstić information content (AvgIpc) is 2.45. The third-order valence-corrected chi connectivity index (χ3v) is 4.44. The number of nitrogens with zero attached hydrogens (tertiary/aromatic N) is 1. The van der Waals surface area contributed by atoms with E-state index in [-0.39, 0.29) is 25.4 Å². The van der Waals surface area contributed by atoms with Gasteiger partial charge < -0.3 is 0 Å². The fourth-order valence-corrected chi connectivity index (χ4v) is 3.20. The molecule has 13 heavy (non-hydrogen) atoms. The van der Waals surface area contributed by atoms with Crippen LogP contribution in [0.25, 0.3) is 9.65 Å². The molecule has 66 valence electrons. The van der Waals surface area contributed by atoms with Crippen LogP contribution < -0.4 is 11.3 Å². The molecule has 0 saturated heterocycles. The molecule has 1 heterocycles. The van der Waals surface area contributed by atoms with Gasteiger partial charge >= 0.3 is 85.6 Å². The van der Waals surface area contributed by atoms with Crippen LogP contribution in [0, 0.1) is 0 Å². The Morgan fingerprint density at radius 1 is 1.46 bits per heavy atom. The van der Waals surface area contributed by atoms with Gasteiger partial charge in [-0.2, -0.15) is 0 Å². The number of thiocarbonyl (C=S) groups is 1. The van der Waals surface area contributed by atoms with Crippen molar-refractivity contribution in [3.8, 4) is 0 Å². The first-order chi connectivity index (χ1) is 6.20.